The fraction of sp³-hybridized carbons (Fsp3) is 0.381. The van der Waals surface area contributed by atoms with Crippen molar-refractivity contribution in [1.82, 2.24) is 5.32 Å². The van der Waals surface area contributed by atoms with Crippen LogP contribution in [-0.4, -0.2) is 26.6 Å². The van der Waals surface area contributed by atoms with Crippen molar-refractivity contribution >= 4 is 21.6 Å². The summed E-state index contributed by atoms with van der Waals surface area (Å²) in [6, 6.07) is 15.2. The summed E-state index contributed by atoms with van der Waals surface area (Å²) in [6.07, 6.45) is 4.55. The molecule has 4 rings (SSSR count). The number of hydrogen-bond donors (Lipinski definition) is 1. The Morgan fingerprint density at radius 3 is 2.74 bits per heavy atom. The predicted octanol–water partition coefficient (Wildman–Crippen LogP) is 3.42. The molecule has 1 heterocycles. The Labute approximate surface area is 160 Å². The van der Waals surface area contributed by atoms with Crippen molar-refractivity contribution in [2.75, 3.05) is 16.6 Å². The lowest BCUT2D eigenvalue weighted by molar-refractivity contribution is 0.0932. The van der Waals surface area contributed by atoms with E-state index in [2.05, 4.69) is 17.4 Å². The molecule has 5 nitrogen and oxygen atoms in total. The normalized spacial score (nSPS) is 21.3. The summed E-state index contributed by atoms with van der Waals surface area (Å²) in [7, 11) is -3.28. The molecule has 0 bridgehead atoms. The van der Waals surface area contributed by atoms with Gasteiger partial charge < -0.3 is 5.32 Å². The first-order chi connectivity index (χ1) is 13.0. The lowest BCUT2D eigenvalue weighted by Gasteiger charge is -2.29. The molecular weight excluding hydrogens is 360 g/mol. The minimum Gasteiger partial charge on any atom is -0.345 e. The summed E-state index contributed by atoms with van der Waals surface area (Å²) in [6.45, 7) is 0.476. The molecule has 1 fully saturated rings. The topological polar surface area (TPSA) is 66.5 Å². The zero-order valence-electron chi connectivity index (χ0n) is 15.2. The molecule has 1 atom stereocenters. The number of nitrogens with zero attached hydrogens (tertiary/aromatic N) is 1. The molecule has 142 valence electrons. The molecule has 1 aliphatic heterocycles. The molecule has 1 saturated heterocycles. The van der Waals surface area contributed by atoms with E-state index in [1.54, 1.807) is 24.3 Å². The minimum absolute atomic E-state index is 0.00447. The molecule has 0 aromatic heterocycles. The second kappa shape index (κ2) is 7.35. The number of fused-ring (bicyclic) bond motifs is 1. The van der Waals surface area contributed by atoms with Crippen molar-refractivity contribution in [3.8, 4) is 0 Å². The summed E-state index contributed by atoms with van der Waals surface area (Å²) >= 11 is 0. The smallest absolute Gasteiger partial charge is 0.251 e. The van der Waals surface area contributed by atoms with E-state index in [0.717, 1.165) is 25.7 Å². The van der Waals surface area contributed by atoms with Crippen LogP contribution in [0.4, 0.5) is 5.69 Å². The molecular formula is C21H24N2O3S. The Bertz CT molecular complexity index is 955. The highest BCUT2D eigenvalue weighted by Gasteiger charge is 2.27. The van der Waals surface area contributed by atoms with Crippen molar-refractivity contribution in [2.24, 2.45) is 0 Å². The number of nitrogens with one attached hydrogen (secondary N) is 1. The predicted molar refractivity (Wildman–Crippen MR) is 106 cm³/mol. The van der Waals surface area contributed by atoms with Gasteiger partial charge in [-0.15, -0.1) is 0 Å². The first-order valence-electron chi connectivity index (χ1n) is 9.54. The van der Waals surface area contributed by atoms with E-state index in [4.69, 9.17) is 0 Å². The van der Waals surface area contributed by atoms with E-state index in [1.165, 1.54) is 15.4 Å². The van der Waals surface area contributed by atoms with E-state index in [0.29, 0.717) is 24.2 Å². The summed E-state index contributed by atoms with van der Waals surface area (Å²) in [5.41, 5.74) is 3.55. The Hall–Kier alpha value is -2.34. The number of rotatable bonds is 3. The van der Waals surface area contributed by atoms with E-state index < -0.39 is 10.0 Å². The van der Waals surface area contributed by atoms with Crippen LogP contribution >= 0.6 is 0 Å². The quantitative estimate of drug-likeness (QED) is 0.882. The largest absolute Gasteiger partial charge is 0.345 e. The Morgan fingerprint density at radius 2 is 1.89 bits per heavy atom. The third kappa shape index (κ3) is 3.72. The standard InChI is InChI=1S/C21H24N2O3S/c24-21(22-20-12-6-8-16-7-1-2-11-19(16)20)17-9-5-10-18(15-17)23-13-3-4-14-27(23,25)26/h1-2,5,7,9-11,15,20H,3-4,6,8,12-14H2,(H,22,24). The Kier molecular flexibility index (Phi) is 4.91. The van der Waals surface area contributed by atoms with Gasteiger partial charge in [0.05, 0.1) is 17.5 Å². The molecule has 1 N–H and O–H groups in total. The van der Waals surface area contributed by atoms with Gasteiger partial charge in [-0.1, -0.05) is 30.3 Å². The number of aryl methyl sites for hydroxylation is 1. The molecule has 1 aliphatic carbocycles. The van der Waals surface area contributed by atoms with Crippen LogP contribution in [0.3, 0.4) is 0 Å². The maximum absolute atomic E-state index is 12.8. The van der Waals surface area contributed by atoms with Crippen LogP contribution < -0.4 is 9.62 Å². The summed E-state index contributed by atoms with van der Waals surface area (Å²) < 4.78 is 26.1. The fourth-order valence-corrected chi connectivity index (χ4v) is 5.66. The van der Waals surface area contributed by atoms with Gasteiger partial charge >= 0.3 is 0 Å². The van der Waals surface area contributed by atoms with Crippen molar-refractivity contribution in [3.05, 3.63) is 65.2 Å². The monoisotopic (exact) mass is 384 g/mol. The highest BCUT2D eigenvalue weighted by Crippen LogP contribution is 2.30. The number of carbonyl (C=O) groups excluding carboxylic acids is 1. The van der Waals surface area contributed by atoms with Gasteiger partial charge in [0.25, 0.3) is 5.91 Å². The molecule has 0 saturated carbocycles. The summed E-state index contributed by atoms with van der Waals surface area (Å²) in [5, 5.41) is 3.14. The Morgan fingerprint density at radius 1 is 1.04 bits per heavy atom. The summed E-state index contributed by atoms with van der Waals surface area (Å²) in [5.74, 6) is 0.00963. The summed E-state index contributed by atoms with van der Waals surface area (Å²) in [4.78, 5) is 12.8. The third-order valence-electron chi connectivity index (χ3n) is 5.42. The highest BCUT2D eigenvalue weighted by atomic mass is 32.2. The molecule has 0 spiro atoms. The fourth-order valence-electron chi connectivity index (χ4n) is 4.03. The van der Waals surface area contributed by atoms with Gasteiger partial charge in [-0.3, -0.25) is 9.10 Å². The number of carbonyl (C=O) groups is 1. The molecule has 2 aromatic carbocycles. The number of amides is 1. The van der Waals surface area contributed by atoms with Gasteiger partial charge in [0.1, 0.15) is 0 Å². The van der Waals surface area contributed by atoms with Crippen molar-refractivity contribution in [1.29, 1.82) is 0 Å². The maximum Gasteiger partial charge on any atom is 0.251 e. The van der Waals surface area contributed by atoms with E-state index in [1.807, 2.05) is 12.1 Å². The van der Waals surface area contributed by atoms with Crippen LogP contribution in [-0.2, 0) is 16.4 Å². The molecule has 2 aromatic rings. The van der Waals surface area contributed by atoms with Crippen LogP contribution in [0, 0.1) is 0 Å². The van der Waals surface area contributed by atoms with Crippen LogP contribution in [0.5, 0.6) is 0 Å². The molecule has 6 heteroatoms. The first kappa shape index (κ1) is 18.0. The average Bonchev–Trinajstić information content (AvgIpc) is 2.68. The minimum atomic E-state index is -3.28. The highest BCUT2D eigenvalue weighted by molar-refractivity contribution is 7.92. The average molecular weight is 385 g/mol. The van der Waals surface area contributed by atoms with Crippen LogP contribution in [0.15, 0.2) is 48.5 Å². The zero-order valence-corrected chi connectivity index (χ0v) is 16.0. The van der Waals surface area contributed by atoms with Gasteiger partial charge in [0.2, 0.25) is 10.0 Å². The number of benzene rings is 2. The first-order valence-corrected chi connectivity index (χ1v) is 11.1. The van der Waals surface area contributed by atoms with E-state index in [-0.39, 0.29) is 17.7 Å². The van der Waals surface area contributed by atoms with E-state index >= 15 is 0 Å². The number of anilines is 1. The maximum atomic E-state index is 12.8. The van der Waals surface area contributed by atoms with Crippen molar-refractivity contribution in [2.45, 2.75) is 38.1 Å². The second-order valence-electron chi connectivity index (χ2n) is 7.26. The molecule has 2 aliphatic rings. The number of hydrogen-bond acceptors (Lipinski definition) is 3. The third-order valence-corrected chi connectivity index (χ3v) is 7.29. The van der Waals surface area contributed by atoms with Crippen LogP contribution in [0.25, 0.3) is 0 Å². The van der Waals surface area contributed by atoms with Crippen molar-refractivity contribution in [3.63, 3.8) is 0 Å². The lowest BCUT2D eigenvalue weighted by Crippen LogP contribution is -2.38. The van der Waals surface area contributed by atoms with Gasteiger partial charge in [0.15, 0.2) is 0 Å². The Balaban J connectivity index is 1.55. The van der Waals surface area contributed by atoms with Gasteiger partial charge in [-0.2, -0.15) is 0 Å². The number of sulfonamides is 1. The lowest BCUT2D eigenvalue weighted by atomic mass is 9.87. The molecule has 27 heavy (non-hydrogen) atoms. The van der Waals surface area contributed by atoms with Crippen LogP contribution in [0.1, 0.15) is 53.2 Å². The molecule has 0 radical (unpaired) electrons. The van der Waals surface area contributed by atoms with Gasteiger partial charge in [-0.25, -0.2) is 8.42 Å². The molecule has 1 amide bonds. The van der Waals surface area contributed by atoms with Crippen molar-refractivity contribution < 1.29 is 13.2 Å². The van der Waals surface area contributed by atoms with Crippen LogP contribution in [0.2, 0.25) is 0 Å². The second-order valence-corrected chi connectivity index (χ2v) is 9.28. The van der Waals surface area contributed by atoms with Gasteiger partial charge in [0, 0.05) is 12.1 Å². The SMILES string of the molecule is O=C(NC1CCCc2ccccc21)c1cccc(N2CCCCS2(=O)=O)c1. The van der Waals surface area contributed by atoms with Gasteiger partial charge in [-0.05, 0) is 61.4 Å². The van der Waals surface area contributed by atoms with E-state index in [9.17, 15) is 13.2 Å². The zero-order chi connectivity index (χ0) is 18.9. The molecule has 1 unspecified atom stereocenters.